The molecule has 4 heteroatoms. The van der Waals surface area contributed by atoms with Crippen molar-refractivity contribution in [3.05, 3.63) is 207 Å². The molecule has 254 valence electrons. The molecule has 0 aliphatic carbocycles. The monoisotopic (exact) mass is 690 g/mol. The summed E-state index contributed by atoms with van der Waals surface area (Å²) < 4.78 is 0. The fraction of sp³-hybridized carbons (Fsp3) is 0. The van der Waals surface area contributed by atoms with Crippen molar-refractivity contribution in [2.75, 3.05) is 0 Å². The number of nitrogens with zero attached hydrogens (tertiary/aromatic N) is 4. The van der Waals surface area contributed by atoms with E-state index in [9.17, 15) is 0 Å². The minimum absolute atomic E-state index is 0.622. The summed E-state index contributed by atoms with van der Waals surface area (Å²) in [4.78, 5) is 19.4. The first-order chi connectivity index (χ1) is 26.8. The van der Waals surface area contributed by atoms with E-state index in [2.05, 4.69) is 163 Å². The fourth-order valence-electron chi connectivity index (χ4n) is 6.94. The van der Waals surface area contributed by atoms with E-state index < -0.39 is 0 Å². The van der Waals surface area contributed by atoms with Gasteiger partial charge in [0.25, 0.3) is 0 Å². The molecule has 54 heavy (non-hydrogen) atoms. The van der Waals surface area contributed by atoms with Crippen molar-refractivity contribution in [2.24, 2.45) is 0 Å². The van der Waals surface area contributed by atoms with Gasteiger partial charge in [0.05, 0.1) is 0 Å². The Morgan fingerprint density at radius 2 is 0.556 bits per heavy atom. The van der Waals surface area contributed by atoms with Gasteiger partial charge in [-0.25, -0.2) is 15.0 Å². The van der Waals surface area contributed by atoms with Gasteiger partial charge in [0.15, 0.2) is 17.5 Å². The minimum atomic E-state index is 0.622. The summed E-state index contributed by atoms with van der Waals surface area (Å²) in [6.45, 7) is 0. The summed E-state index contributed by atoms with van der Waals surface area (Å²) in [6, 6.07) is 67.5. The van der Waals surface area contributed by atoms with Crippen LogP contribution in [0.15, 0.2) is 207 Å². The van der Waals surface area contributed by atoms with Crippen molar-refractivity contribution < 1.29 is 0 Å². The van der Waals surface area contributed by atoms with E-state index in [1.807, 2.05) is 48.8 Å². The number of hydrogen-bond acceptors (Lipinski definition) is 4. The van der Waals surface area contributed by atoms with E-state index in [1.54, 1.807) is 0 Å². The third-order valence-corrected chi connectivity index (χ3v) is 9.67. The van der Waals surface area contributed by atoms with E-state index in [0.29, 0.717) is 17.5 Å². The van der Waals surface area contributed by atoms with Crippen LogP contribution in [-0.2, 0) is 0 Å². The molecular formula is C50H34N4. The summed E-state index contributed by atoms with van der Waals surface area (Å²) in [5.41, 5.74) is 14.2. The maximum Gasteiger partial charge on any atom is 0.164 e. The lowest BCUT2D eigenvalue weighted by molar-refractivity contribution is 1.07. The summed E-state index contributed by atoms with van der Waals surface area (Å²) in [5.74, 6) is 1.89. The second-order valence-corrected chi connectivity index (χ2v) is 13.1. The Morgan fingerprint density at radius 3 is 1.06 bits per heavy atom. The molecule has 0 amide bonds. The van der Waals surface area contributed by atoms with Gasteiger partial charge in [-0.05, 0) is 86.0 Å². The second kappa shape index (κ2) is 14.7. The molecule has 0 saturated heterocycles. The van der Waals surface area contributed by atoms with Gasteiger partial charge < -0.3 is 0 Å². The third kappa shape index (κ3) is 6.72. The summed E-state index contributed by atoms with van der Waals surface area (Å²) in [7, 11) is 0. The quantitative estimate of drug-likeness (QED) is 0.159. The van der Waals surface area contributed by atoms with Crippen molar-refractivity contribution in [2.45, 2.75) is 0 Å². The predicted octanol–water partition coefficient (Wildman–Crippen LogP) is 12.6. The molecule has 7 aromatic carbocycles. The smallest absolute Gasteiger partial charge is 0.164 e. The predicted molar refractivity (Wildman–Crippen MR) is 221 cm³/mol. The Labute approximate surface area is 315 Å². The summed E-state index contributed by atoms with van der Waals surface area (Å²) >= 11 is 0. The first-order valence-electron chi connectivity index (χ1n) is 18.0. The Morgan fingerprint density at radius 1 is 0.222 bits per heavy atom. The van der Waals surface area contributed by atoms with Gasteiger partial charge in [-0.15, -0.1) is 0 Å². The molecule has 0 saturated carbocycles. The highest BCUT2D eigenvalue weighted by molar-refractivity contribution is 5.95. The molecule has 0 atom stereocenters. The maximum absolute atomic E-state index is 5.07. The minimum Gasteiger partial charge on any atom is -0.265 e. The van der Waals surface area contributed by atoms with Crippen molar-refractivity contribution in [3.63, 3.8) is 0 Å². The van der Waals surface area contributed by atoms with Crippen LogP contribution in [0.1, 0.15) is 0 Å². The van der Waals surface area contributed by atoms with E-state index in [1.165, 1.54) is 0 Å². The molecule has 0 aliphatic heterocycles. The average molecular weight is 691 g/mol. The zero-order valence-electron chi connectivity index (χ0n) is 29.4. The van der Waals surface area contributed by atoms with Crippen molar-refractivity contribution in [1.82, 2.24) is 19.9 Å². The largest absolute Gasteiger partial charge is 0.265 e. The van der Waals surface area contributed by atoms with Crippen LogP contribution in [0, 0.1) is 0 Å². The lowest BCUT2D eigenvalue weighted by Crippen LogP contribution is -2.00. The Balaban J connectivity index is 1.18. The van der Waals surface area contributed by atoms with Crippen LogP contribution in [0.3, 0.4) is 0 Å². The van der Waals surface area contributed by atoms with Gasteiger partial charge >= 0.3 is 0 Å². The molecule has 9 aromatic rings. The first kappa shape index (κ1) is 32.6. The molecule has 0 spiro atoms. The molecule has 0 aliphatic rings. The Hall–Kier alpha value is -7.30. The number of rotatable bonds is 8. The van der Waals surface area contributed by atoms with Gasteiger partial charge in [0, 0.05) is 29.1 Å². The lowest BCUT2D eigenvalue weighted by atomic mass is 9.85. The van der Waals surface area contributed by atoms with Crippen LogP contribution in [0.4, 0.5) is 0 Å². The molecule has 9 rings (SSSR count). The molecule has 2 heterocycles. The van der Waals surface area contributed by atoms with Crippen LogP contribution in [0.25, 0.3) is 89.8 Å². The van der Waals surface area contributed by atoms with Crippen LogP contribution < -0.4 is 0 Å². The van der Waals surface area contributed by atoms with Crippen molar-refractivity contribution >= 4 is 0 Å². The zero-order valence-corrected chi connectivity index (χ0v) is 29.4. The molecule has 0 fully saturated rings. The van der Waals surface area contributed by atoms with E-state index in [0.717, 1.165) is 72.3 Å². The lowest BCUT2D eigenvalue weighted by Gasteiger charge is -2.18. The highest BCUT2D eigenvalue weighted by Gasteiger charge is 2.18. The SMILES string of the molecule is c1ccc(-c2cccc(-c3nc(-c4ccccc4)nc(-c4ccc(-c5cc(-c6ccccc6)c(-c6ccncc6)cc5-c5ccccc5)cc4)n3)c2)cc1. The summed E-state index contributed by atoms with van der Waals surface area (Å²) in [5, 5.41) is 0. The second-order valence-electron chi connectivity index (χ2n) is 13.1. The standard InChI is InChI=1S/C50H34N4/c1-5-14-35(15-6-1)42-22-13-23-43(32-42)50-53-48(40-20-11-4-12-21-40)52-49(54-50)41-26-24-38(25-27-41)46-33-45(37-18-9-3-10-19-37)47(39-28-30-51-31-29-39)34-44(46)36-16-7-2-8-17-36/h1-34H. The van der Waals surface area contributed by atoms with Crippen LogP contribution in [-0.4, -0.2) is 19.9 Å². The van der Waals surface area contributed by atoms with Crippen LogP contribution in [0.2, 0.25) is 0 Å². The fourth-order valence-corrected chi connectivity index (χ4v) is 6.94. The van der Waals surface area contributed by atoms with Gasteiger partial charge in [-0.3, -0.25) is 4.98 Å². The normalized spacial score (nSPS) is 11.0. The molecule has 0 radical (unpaired) electrons. The highest BCUT2D eigenvalue weighted by Crippen LogP contribution is 2.42. The Kier molecular flexibility index (Phi) is 8.90. The van der Waals surface area contributed by atoms with Crippen LogP contribution >= 0.6 is 0 Å². The zero-order chi connectivity index (χ0) is 36.1. The van der Waals surface area contributed by atoms with Crippen LogP contribution in [0.5, 0.6) is 0 Å². The number of hydrogen-bond donors (Lipinski definition) is 0. The number of benzene rings is 7. The molecule has 0 N–H and O–H groups in total. The number of aromatic nitrogens is 4. The first-order valence-corrected chi connectivity index (χ1v) is 18.0. The van der Waals surface area contributed by atoms with Gasteiger partial charge in [-0.1, -0.05) is 164 Å². The van der Waals surface area contributed by atoms with E-state index in [-0.39, 0.29) is 0 Å². The number of pyridine rings is 1. The van der Waals surface area contributed by atoms with E-state index >= 15 is 0 Å². The average Bonchev–Trinajstić information content (AvgIpc) is 3.27. The maximum atomic E-state index is 5.07. The third-order valence-electron chi connectivity index (χ3n) is 9.67. The van der Waals surface area contributed by atoms with Gasteiger partial charge in [0.1, 0.15) is 0 Å². The van der Waals surface area contributed by atoms with Crippen molar-refractivity contribution in [1.29, 1.82) is 0 Å². The van der Waals surface area contributed by atoms with Crippen molar-refractivity contribution in [3.8, 4) is 89.8 Å². The highest BCUT2D eigenvalue weighted by atomic mass is 15.0. The molecule has 0 unspecified atom stereocenters. The molecule has 0 bridgehead atoms. The summed E-state index contributed by atoms with van der Waals surface area (Å²) in [6.07, 6.45) is 3.71. The van der Waals surface area contributed by atoms with Gasteiger partial charge in [-0.2, -0.15) is 0 Å². The van der Waals surface area contributed by atoms with Gasteiger partial charge in [0.2, 0.25) is 0 Å². The topological polar surface area (TPSA) is 51.6 Å². The molecule has 4 nitrogen and oxygen atoms in total. The molecule has 2 aromatic heterocycles. The Bertz CT molecular complexity index is 2660. The molecular weight excluding hydrogens is 657 g/mol. The van der Waals surface area contributed by atoms with E-state index in [4.69, 9.17) is 15.0 Å².